The largest absolute Gasteiger partial charge is 0.481 e. The van der Waals surface area contributed by atoms with Crippen molar-refractivity contribution in [1.82, 2.24) is 4.98 Å². The third-order valence-electron chi connectivity index (χ3n) is 2.95. The standard InChI is InChI=1S/C12H9NO3S/c14-10(6-5-7(6)12(15)16)11-13-8-3-1-2-4-9(8)17-11/h1-4,6-7H,5H2,(H,15,16). The van der Waals surface area contributed by atoms with Crippen molar-refractivity contribution < 1.29 is 14.7 Å². The van der Waals surface area contributed by atoms with Gasteiger partial charge in [0.2, 0.25) is 0 Å². The Labute approximate surface area is 101 Å². The zero-order valence-corrected chi connectivity index (χ0v) is 9.61. The van der Waals surface area contributed by atoms with Gasteiger partial charge in [0.15, 0.2) is 10.8 Å². The molecule has 5 heteroatoms. The molecule has 0 spiro atoms. The number of Topliss-reactive ketones (excluding diaryl/α,β-unsaturated/α-hetero) is 1. The minimum atomic E-state index is -0.885. The van der Waals surface area contributed by atoms with Crippen LogP contribution >= 0.6 is 11.3 Å². The Hall–Kier alpha value is -1.75. The van der Waals surface area contributed by atoms with Gasteiger partial charge in [-0.2, -0.15) is 0 Å². The maximum absolute atomic E-state index is 12.0. The van der Waals surface area contributed by atoms with Crippen molar-refractivity contribution in [2.24, 2.45) is 11.8 Å². The minimum Gasteiger partial charge on any atom is -0.481 e. The molecule has 0 bridgehead atoms. The van der Waals surface area contributed by atoms with Crippen LogP contribution in [-0.4, -0.2) is 21.8 Å². The van der Waals surface area contributed by atoms with Gasteiger partial charge in [0.25, 0.3) is 0 Å². The van der Waals surface area contributed by atoms with E-state index in [1.165, 1.54) is 11.3 Å². The number of benzene rings is 1. The molecule has 0 saturated heterocycles. The van der Waals surface area contributed by atoms with Crippen LogP contribution in [0.2, 0.25) is 0 Å². The summed E-state index contributed by atoms with van der Waals surface area (Å²) in [5.41, 5.74) is 0.799. The number of para-hydroxylation sites is 1. The monoisotopic (exact) mass is 247 g/mol. The van der Waals surface area contributed by atoms with E-state index in [-0.39, 0.29) is 11.7 Å². The van der Waals surface area contributed by atoms with Crippen LogP contribution in [0.1, 0.15) is 16.2 Å². The SMILES string of the molecule is O=C(O)C1CC1C(=O)c1nc2ccccc2s1. The van der Waals surface area contributed by atoms with Crippen LogP contribution in [0.3, 0.4) is 0 Å². The second kappa shape index (κ2) is 3.63. The number of aromatic nitrogens is 1. The lowest BCUT2D eigenvalue weighted by atomic mass is 10.2. The lowest BCUT2D eigenvalue weighted by Crippen LogP contribution is -2.07. The van der Waals surface area contributed by atoms with E-state index in [2.05, 4.69) is 4.98 Å². The number of ketones is 1. The van der Waals surface area contributed by atoms with Gasteiger partial charge in [0.05, 0.1) is 16.1 Å². The van der Waals surface area contributed by atoms with E-state index >= 15 is 0 Å². The number of rotatable bonds is 3. The molecule has 2 atom stereocenters. The van der Waals surface area contributed by atoms with E-state index < -0.39 is 11.9 Å². The van der Waals surface area contributed by atoms with Crippen molar-refractivity contribution in [2.45, 2.75) is 6.42 Å². The number of carbonyl (C=O) groups is 2. The molecular weight excluding hydrogens is 238 g/mol. The summed E-state index contributed by atoms with van der Waals surface area (Å²) in [5.74, 6) is -1.88. The molecular formula is C12H9NO3S. The highest BCUT2D eigenvalue weighted by atomic mass is 32.1. The molecule has 17 heavy (non-hydrogen) atoms. The molecule has 3 rings (SSSR count). The molecule has 86 valence electrons. The predicted octanol–water partition coefficient (Wildman–Crippen LogP) is 2.20. The van der Waals surface area contributed by atoms with Crippen molar-refractivity contribution in [1.29, 1.82) is 0 Å². The lowest BCUT2D eigenvalue weighted by molar-refractivity contribution is -0.138. The fourth-order valence-corrected chi connectivity index (χ4v) is 2.86. The molecule has 0 aliphatic heterocycles. The Morgan fingerprint density at radius 1 is 1.29 bits per heavy atom. The summed E-state index contributed by atoms with van der Waals surface area (Å²) < 4.78 is 0.961. The maximum atomic E-state index is 12.0. The zero-order chi connectivity index (χ0) is 12.0. The Bertz CT molecular complexity index is 586. The topological polar surface area (TPSA) is 67.3 Å². The van der Waals surface area contributed by atoms with Crippen LogP contribution in [0.5, 0.6) is 0 Å². The minimum absolute atomic E-state index is 0.126. The summed E-state index contributed by atoms with van der Waals surface area (Å²) in [6.45, 7) is 0. The molecule has 1 aromatic heterocycles. The van der Waals surface area contributed by atoms with Gasteiger partial charge in [-0.3, -0.25) is 9.59 Å². The van der Waals surface area contributed by atoms with E-state index in [0.29, 0.717) is 11.4 Å². The quantitative estimate of drug-likeness (QED) is 0.844. The number of hydrogen-bond donors (Lipinski definition) is 1. The molecule has 1 heterocycles. The molecule has 2 unspecified atom stereocenters. The summed E-state index contributed by atoms with van der Waals surface area (Å²) >= 11 is 1.33. The number of aliphatic carboxylic acids is 1. The molecule has 4 nitrogen and oxygen atoms in total. The van der Waals surface area contributed by atoms with Crippen LogP contribution in [-0.2, 0) is 4.79 Å². The number of carboxylic acids is 1. The van der Waals surface area contributed by atoms with Gasteiger partial charge in [-0.25, -0.2) is 4.98 Å². The lowest BCUT2D eigenvalue weighted by Gasteiger charge is -1.91. The molecule has 1 aromatic carbocycles. The van der Waals surface area contributed by atoms with E-state index in [9.17, 15) is 9.59 Å². The van der Waals surface area contributed by atoms with E-state index in [0.717, 1.165) is 10.2 Å². The van der Waals surface area contributed by atoms with Gasteiger partial charge in [0, 0.05) is 5.92 Å². The second-order valence-corrected chi connectivity index (χ2v) is 5.17. The number of nitrogens with zero attached hydrogens (tertiary/aromatic N) is 1. The first-order valence-corrected chi connectivity index (χ1v) is 6.11. The summed E-state index contributed by atoms with van der Waals surface area (Å²) in [7, 11) is 0. The summed E-state index contributed by atoms with van der Waals surface area (Å²) in [5, 5.41) is 9.22. The first-order valence-electron chi connectivity index (χ1n) is 5.29. The molecule has 1 fully saturated rings. The van der Waals surface area contributed by atoms with Crippen LogP contribution in [0.15, 0.2) is 24.3 Å². The number of carboxylic acid groups (broad SMARTS) is 1. The fourth-order valence-electron chi connectivity index (χ4n) is 1.89. The Morgan fingerprint density at radius 2 is 2.06 bits per heavy atom. The van der Waals surface area contributed by atoms with Crippen LogP contribution in [0.25, 0.3) is 10.2 Å². The summed E-state index contributed by atoms with van der Waals surface area (Å²) in [4.78, 5) is 26.9. The fraction of sp³-hybridized carbons (Fsp3) is 0.250. The van der Waals surface area contributed by atoms with Crippen LogP contribution in [0, 0.1) is 11.8 Å². The first-order chi connectivity index (χ1) is 8.16. The number of carbonyl (C=O) groups excluding carboxylic acids is 1. The van der Waals surface area contributed by atoms with E-state index in [1.54, 1.807) is 0 Å². The molecule has 2 aromatic rings. The Balaban J connectivity index is 1.89. The molecule has 0 amide bonds. The Morgan fingerprint density at radius 3 is 2.71 bits per heavy atom. The van der Waals surface area contributed by atoms with Gasteiger partial charge in [0.1, 0.15) is 0 Å². The highest BCUT2D eigenvalue weighted by Gasteiger charge is 2.49. The van der Waals surface area contributed by atoms with Crippen molar-refractivity contribution in [2.75, 3.05) is 0 Å². The normalized spacial score (nSPS) is 22.6. The van der Waals surface area contributed by atoms with Gasteiger partial charge >= 0.3 is 5.97 Å². The highest BCUT2D eigenvalue weighted by Crippen LogP contribution is 2.42. The number of thiazole rings is 1. The van der Waals surface area contributed by atoms with Crippen molar-refractivity contribution in [3.63, 3.8) is 0 Å². The van der Waals surface area contributed by atoms with Crippen LogP contribution < -0.4 is 0 Å². The Kier molecular flexibility index (Phi) is 2.22. The predicted molar refractivity (Wildman–Crippen MR) is 63.2 cm³/mol. The average Bonchev–Trinajstić information content (AvgIpc) is 3.00. The van der Waals surface area contributed by atoms with Crippen molar-refractivity contribution >= 4 is 33.3 Å². The number of fused-ring (bicyclic) bond motifs is 1. The molecule has 0 radical (unpaired) electrons. The van der Waals surface area contributed by atoms with Gasteiger partial charge in [-0.1, -0.05) is 12.1 Å². The van der Waals surface area contributed by atoms with E-state index in [4.69, 9.17) is 5.11 Å². The van der Waals surface area contributed by atoms with Gasteiger partial charge in [-0.15, -0.1) is 11.3 Å². The molecule has 1 N–H and O–H groups in total. The highest BCUT2D eigenvalue weighted by molar-refractivity contribution is 7.20. The third kappa shape index (κ3) is 1.72. The summed E-state index contributed by atoms with van der Waals surface area (Å²) in [6, 6.07) is 7.52. The third-order valence-corrected chi connectivity index (χ3v) is 4.00. The maximum Gasteiger partial charge on any atom is 0.307 e. The smallest absolute Gasteiger partial charge is 0.307 e. The van der Waals surface area contributed by atoms with Crippen molar-refractivity contribution in [3.8, 4) is 0 Å². The second-order valence-electron chi connectivity index (χ2n) is 4.14. The molecule has 1 aliphatic rings. The first kappa shape index (κ1) is 10.4. The van der Waals surface area contributed by atoms with Gasteiger partial charge < -0.3 is 5.11 Å². The zero-order valence-electron chi connectivity index (χ0n) is 8.79. The summed E-state index contributed by atoms with van der Waals surface area (Å²) in [6.07, 6.45) is 0.449. The van der Waals surface area contributed by atoms with E-state index in [1.807, 2.05) is 24.3 Å². The van der Waals surface area contributed by atoms with Crippen molar-refractivity contribution in [3.05, 3.63) is 29.3 Å². The molecule has 1 saturated carbocycles. The van der Waals surface area contributed by atoms with Gasteiger partial charge in [-0.05, 0) is 18.6 Å². The number of hydrogen-bond acceptors (Lipinski definition) is 4. The molecule has 1 aliphatic carbocycles. The van der Waals surface area contributed by atoms with Crippen LogP contribution in [0.4, 0.5) is 0 Å². The average molecular weight is 247 g/mol.